The van der Waals surface area contributed by atoms with E-state index in [1.165, 1.54) is 0 Å². The minimum absolute atomic E-state index is 0.137. The zero-order valence-corrected chi connectivity index (χ0v) is 8.07. The van der Waals surface area contributed by atoms with Crippen LogP contribution in [0.25, 0.3) is 0 Å². The van der Waals surface area contributed by atoms with Crippen LogP contribution < -0.4 is 11.1 Å². The van der Waals surface area contributed by atoms with Crippen molar-refractivity contribution in [1.29, 1.82) is 0 Å². The minimum atomic E-state index is -0.384. The normalized spacial score (nSPS) is 10.6. The molecule has 0 aliphatic rings. The molecule has 5 nitrogen and oxygen atoms in total. The van der Waals surface area contributed by atoms with Gasteiger partial charge in [-0.05, 0) is 18.6 Å². The van der Waals surface area contributed by atoms with Gasteiger partial charge in [-0.3, -0.25) is 0 Å². The fourth-order valence-electron chi connectivity index (χ4n) is 1.00. The number of nitrogens with one attached hydrogen (secondary N) is 1. The van der Waals surface area contributed by atoms with E-state index in [1.54, 1.807) is 12.3 Å². The molecule has 0 atom stereocenters. The van der Waals surface area contributed by atoms with E-state index in [4.69, 9.17) is 15.9 Å². The Labute approximate surface area is 82.6 Å². The molecular formula is C9H15N3O2. The number of aryl methyl sites for hydroxylation is 1. The van der Waals surface area contributed by atoms with Crippen LogP contribution in [0.5, 0.6) is 0 Å². The number of aliphatic hydroxyl groups is 2. The lowest BCUT2D eigenvalue weighted by molar-refractivity contribution is 0.203. The highest BCUT2D eigenvalue weighted by Gasteiger charge is 2.06. The lowest BCUT2D eigenvalue weighted by atomic mass is 10.2. The Kier molecular flexibility index (Phi) is 3.67. The molecule has 0 aliphatic carbocycles. The van der Waals surface area contributed by atoms with Gasteiger partial charge in [-0.2, -0.15) is 0 Å². The van der Waals surface area contributed by atoms with E-state index < -0.39 is 0 Å². The van der Waals surface area contributed by atoms with Gasteiger partial charge in [0.1, 0.15) is 5.82 Å². The Morgan fingerprint density at radius 3 is 2.64 bits per heavy atom. The van der Waals surface area contributed by atoms with Gasteiger partial charge in [0.2, 0.25) is 0 Å². The van der Waals surface area contributed by atoms with Crippen molar-refractivity contribution in [3.05, 3.63) is 17.8 Å². The molecule has 5 heteroatoms. The van der Waals surface area contributed by atoms with Crippen molar-refractivity contribution < 1.29 is 10.2 Å². The molecule has 0 aliphatic heterocycles. The predicted molar refractivity (Wildman–Crippen MR) is 55.0 cm³/mol. The first kappa shape index (κ1) is 10.7. The highest BCUT2D eigenvalue weighted by Crippen LogP contribution is 2.13. The summed E-state index contributed by atoms with van der Waals surface area (Å²) in [5.41, 5.74) is 7.13. The second-order valence-electron chi connectivity index (χ2n) is 3.13. The van der Waals surface area contributed by atoms with Crippen LogP contribution in [0.4, 0.5) is 11.5 Å². The van der Waals surface area contributed by atoms with Gasteiger partial charge in [-0.1, -0.05) is 0 Å². The number of nitrogen functional groups attached to an aromatic ring is 1. The molecule has 0 saturated carbocycles. The van der Waals surface area contributed by atoms with Gasteiger partial charge in [0.15, 0.2) is 0 Å². The summed E-state index contributed by atoms with van der Waals surface area (Å²) < 4.78 is 0. The molecule has 0 bridgehead atoms. The second-order valence-corrected chi connectivity index (χ2v) is 3.13. The van der Waals surface area contributed by atoms with E-state index in [1.807, 2.05) is 6.92 Å². The topological polar surface area (TPSA) is 91.4 Å². The molecule has 0 radical (unpaired) electrons. The molecule has 1 aromatic rings. The summed E-state index contributed by atoms with van der Waals surface area (Å²) >= 11 is 0. The molecule has 0 unspecified atom stereocenters. The summed E-state index contributed by atoms with van der Waals surface area (Å²) in [6, 6.07) is 1.39. The Bertz CT molecular complexity index is 300. The average Bonchev–Trinajstić information content (AvgIpc) is 2.19. The van der Waals surface area contributed by atoms with Crippen molar-refractivity contribution >= 4 is 11.5 Å². The monoisotopic (exact) mass is 197 g/mol. The smallest absolute Gasteiger partial charge is 0.126 e. The number of aromatic nitrogens is 1. The van der Waals surface area contributed by atoms with Gasteiger partial charge in [0.05, 0.1) is 31.1 Å². The average molecular weight is 197 g/mol. The zero-order valence-electron chi connectivity index (χ0n) is 8.07. The number of nitrogens with zero attached hydrogens (tertiary/aromatic N) is 1. The number of anilines is 2. The SMILES string of the molecule is Cc1cc(NC(CO)CO)ncc1N. The summed E-state index contributed by atoms with van der Waals surface area (Å²) in [5.74, 6) is 0.602. The maximum absolute atomic E-state index is 8.84. The fourth-order valence-corrected chi connectivity index (χ4v) is 1.00. The maximum Gasteiger partial charge on any atom is 0.126 e. The third-order valence-electron chi connectivity index (χ3n) is 1.94. The van der Waals surface area contributed by atoms with Crippen LogP contribution in [-0.2, 0) is 0 Å². The van der Waals surface area contributed by atoms with Crippen molar-refractivity contribution in [3.63, 3.8) is 0 Å². The standard InChI is InChI=1S/C9H15N3O2/c1-6-2-9(11-3-8(6)10)12-7(4-13)5-14/h2-3,7,13-14H,4-5,10H2,1H3,(H,11,12). The number of nitrogens with two attached hydrogens (primary N) is 1. The van der Waals surface area contributed by atoms with Crippen LogP contribution in [0.1, 0.15) is 5.56 Å². The van der Waals surface area contributed by atoms with Crippen molar-refractivity contribution in [3.8, 4) is 0 Å². The molecule has 1 aromatic heterocycles. The minimum Gasteiger partial charge on any atom is -0.397 e. The van der Waals surface area contributed by atoms with Gasteiger partial charge in [-0.25, -0.2) is 4.98 Å². The van der Waals surface area contributed by atoms with Crippen LogP contribution in [-0.4, -0.2) is 34.5 Å². The number of aliphatic hydroxyl groups excluding tert-OH is 2. The third-order valence-corrected chi connectivity index (χ3v) is 1.94. The first-order chi connectivity index (χ1) is 6.67. The first-order valence-corrected chi connectivity index (χ1v) is 4.37. The Morgan fingerprint density at radius 2 is 2.14 bits per heavy atom. The molecule has 14 heavy (non-hydrogen) atoms. The molecule has 78 valence electrons. The Balaban J connectivity index is 2.72. The van der Waals surface area contributed by atoms with Crippen molar-refractivity contribution in [1.82, 2.24) is 4.98 Å². The molecule has 0 spiro atoms. The summed E-state index contributed by atoms with van der Waals surface area (Å²) in [4.78, 5) is 4.02. The highest BCUT2D eigenvalue weighted by molar-refractivity contribution is 5.51. The summed E-state index contributed by atoms with van der Waals surface area (Å²) in [7, 11) is 0. The molecular weight excluding hydrogens is 182 g/mol. The van der Waals surface area contributed by atoms with Gasteiger partial charge < -0.3 is 21.3 Å². The Hall–Kier alpha value is -1.33. The largest absolute Gasteiger partial charge is 0.397 e. The lowest BCUT2D eigenvalue weighted by Crippen LogP contribution is -2.28. The molecule has 0 fully saturated rings. The van der Waals surface area contributed by atoms with Gasteiger partial charge in [0.25, 0.3) is 0 Å². The van der Waals surface area contributed by atoms with E-state index >= 15 is 0 Å². The van der Waals surface area contributed by atoms with E-state index in [2.05, 4.69) is 10.3 Å². The molecule has 0 aromatic carbocycles. The zero-order chi connectivity index (χ0) is 10.6. The van der Waals surface area contributed by atoms with E-state index in [0.717, 1.165) is 5.56 Å². The van der Waals surface area contributed by atoms with Gasteiger partial charge in [0, 0.05) is 0 Å². The van der Waals surface area contributed by atoms with Gasteiger partial charge >= 0.3 is 0 Å². The van der Waals surface area contributed by atoms with Crippen LogP contribution >= 0.6 is 0 Å². The van der Waals surface area contributed by atoms with Crippen molar-refractivity contribution in [2.24, 2.45) is 0 Å². The van der Waals surface area contributed by atoms with Crippen LogP contribution in [0.15, 0.2) is 12.3 Å². The van der Waals surface area contributed by atoms with E-state index in [0.29, 0.717) is 11.5 Å². The number of hydrogen-bond donors (Lipinski definition) is 4. The van der Waals surface area contributed by atoms with Crippen LogP contribution in [0, 0.1) is 6.92 Å². The van der Waals surface area contributed by atoms with Crippen LogP contribution in [0.3, 0.4) is 0 Å². The predicted octanol–water partition coefficient (Wildman–Crippen LogP) is -0.263. The molecule has 1 rings (SSSR count). The molecule has 5 N–H and O–H groups in total. The van der Waals surface area contributed by atoms with Crippen molar-refractivity contribution in [2.45, 2.75) is 13.0 Å². The first-order valence-electron chi connectivity index (χ1n) is 4.37. The fraction of sp³-hybridized carbons (Fsp3) is 0.444. The molecule has 0 saturated heterocycles. The van der Waals surface area contributed by atoms with Gasteiger partial charge in [-0.15, -0.1) is 0 Å². The highest BCUT2D eigenvalue weighted by atomic mass is 16.3. The summed E-state index contributed by atoms with van der Waals surface area (Å²) in [5, 5.41) is 20.6. The lowest BCUT2D eigenvalue weighted by Gasteiger charge is -2.14. The maximum atomic E-state index is 8.84. The van der Waals surface area contributed by atoms with Crippen LogP contribution in [0.2, 0.25) is 0 Å². The quantitative estimate of drug-likeness (QED) is 0.533. The Morgan fingerprint density at radius 1 is 1.50 bits per heavy atom. The van der Waals surface area contributed by atoms with Crippen molar-refractivity contribution in [2.75, 3.05) is 24.3 Å². The molecule has 1 heterocycles. The summed E-state index contributed by atoms with van der Waals surface area (Å²) in [6.07, 6.45) is 1.55. The molecule has 0 amide bonds. The summed E-state index contributed by atoms with van der Waals surface area (Å²) in [6.45, 7) is 1.60. The number of hydrogen-bond acceptors (Lipinski definition) is 5. The third kappa shape index (κ3) is 2.58. The number of rotatable bonds is 4. The van der Waals surface area contributed by atoms with E-state index in [9.17, 15) is 0 Å². The van der Waals surface area contributed by atoms with E-state index in [-0.39, 0.29) is 19.3 Å². The second kappa shape index (κ2) is 4.78. The number of pyridine rings is 1.